The molecule has 0 aliphatic carbocycles. The van der Waals surface area contributed by atoms with Crippen LogP contribution in [-0.2, 0) is 14.4 Å². The molecule has 0 radical (unpaired) electrons. The van der Waals surface area contributed by atoms with Crippen molar-refractivity contribution in [2.24, 2.45) is 11.8 Å². The van der Waals surface area contributed by atoms with Crippen molar-refractivity contribution in [3.05, 3.63) is 0 Å². The van der Waals surface area contributed by atoms with Crippen LogP contribution in [0.4, 0.5) is 0 Å². The normalized spacial score (nSPS) is 12.0. The molecule has 0 bridgehead atoms. The first-order valence-electron chi connectivity index (χ1n) is 5.27. The summed E-state index contributed by atoms with van der Waals surface area (Å²) in [6.07, 6.45) is 0.661. The number of hydrogen-bond acceptors (Lipinski definition) is 4. The molecule has 0 aromatic carbocycles. The molecule has 2 amide bonds. The van der Waals surface area contributed by atoms with Crippen LogP contribution in [0.2, 0.25) is 0 Å². The van der Waals surface area contributed by atoms with Gasteiger partial charge in [0.05, 0.1) is 12.5 Å². The van der Waals surface area contributed by atoms with E-state index in [2.05, 4.69) is 5.32 Å². The molecule has 0 aliphatic heterocycles. The van der Waals surface area contributed by atoms with Crippen molar-refractivity contribution in [1.29, 1.82) is 0 Å². The molecule has 1 atom stereocenters. The lowest BCUT2D eigenvalue weighted by atomic mass is 9.96. The van der Waals surface area contributed by atoms with E-state index in [1.165, 1.54) is 0 Å². The maximum atomic E-state index is 11.6. The van der Waals surface area contributed by atoms with E-state index in [-0.39, 0.29) is 18.9 Å². The monoisotopic (exact) mass is 246 g/mol. The molecule has 98 valence electrons. The number of carboxylic acids is 1. The molecule has 0 saturated carbocycles. The zero-order valence-electron chi connectivity index (χ0n) is 9.92. The van der Waals surface area contributed by atoms with E-state index in [0.29, 0.717) is 11.5 Å². The number of amides is 2. The Balaban J connectivity index is 4.38. The SMILES string of the molecule is CC(C)C[C@H](CN(O)C=O)C(=O)NCC(=O)O. The summed E-state index contributed by atoms with van der Waals surface area (Å²) in [6, 6.07) is 0. The topological polar surface area (TPSA) is 107 Å². The van der Waals surface area contributed by atoms with E-state index in [1.54, 1.807) is 0 Å². The van der Waals surface area contributed by atoms with Gasteiger partial charge >= 0.3 is 5.97 Å². The van der Waals surface area contributed by atoms with Crippen LogP contribution < -0.4 is 5.32 Å². The average molecular weight is 246 g/mol. The van der Waals surface area contributed by atoms with Gasteiger partial charge in [-0.05, 0) is 12.3 Å². The second kappa shape index (κ2) is 7.61. The largest absolute Gasteiger partial charge is 0.480 e. The van der Waals surface area contributed by atoms with Gasteiger partial charge in [-0.25, -0.2) is 5.06 Å². The molecule has 3 N–H and O–H groups in total. The van der Waals surface area contributed by atoms with Crippen molar-refractivity contribution in [2.75, 3.05) is 13.1 Å². The highest BCUT2D eigenvalue weighted by molar-refractivity contribution is 5.83. The van der Waals surface area contributed by atoms with Gasteiger partial charge in [-0.3, -0.25) is 19.6 Å². The number of aliphatic carboxylic acids is 1. The summed E-state index contributed by atoms with van der Waals surface area (Å²) < 4.78 is 0. The lowest BCUT2D eigenvalue weighted by molar-refractivity contribution is -0.155. The smallest absolute Gasteiger partial charge is 0.322 e. The summed E-state index contributed by atoms with van der Waals surface area (Å²) in [5, 5.41) is 20.1. The standard InChI is InChI=1S/C10H18N2O5/c1-7(2)3-8(5-12(17)6-13)10(16)11-4-9(14)15/h6-8,17H,3-5H2,1-2H3,(H,11,16)(H,14,15)/t8-/m1/s1. The third-order valence-electron chi connectivity index (χ3n) is 2.07. The van der Waals surface area contributed by atoms with Crippen LogP contribution in [0.5, 0.6) is 0 Å². The highest BCUT2D eigenvalue weighted by Crippen LogP contribution is 2.12. The first-order valence-corrected chi connectivity index (χ1v) is 5.27. The Morgan fingerprint density at radius 2 is 2.00 bits per heavy atom. The fourth-order valence-corrected chi connectivity index (χ4v) is 1.41. The van der Waals surface area contributed by atoms with Crippen LogP contribution >= 0.6 is 0 Å². The van der Waals surface area contributed by atoms with Gasteiger partial charge < -0.3 is 10.4 Å². The summed E-state index contributed by atoms with van der Waals surface area (Å²) in [6.45, 7) is 3.16. The van der Waals surface area contributed by atoms with Gasteiger partial charge in [-0.1, -0.05) is 13.8 Å². The minimum absolute atomic E-state index is 0.146. The van der Waals surface area contributed by atoms with Crippen molar-refractivity contribution >= 4 is 18.3 Å². The summed E-state index contributed by atoms with van der Waals surface area (Å²) >= 11 is 0. The van der Waals surface area contributed by atoms with Gasteiger partial charge in [0.2, 0.25) is 12.3 Å². The van der Waals surface area contributed by atoms with Crippen molar-refractivity contribution in [2.45, 2.75) is 20.3 Å². The average Bonchev–Trinajstić information content (AvgIpc) is 2.23. The van der Waals surface area contributed by atoms with Gasteiger partial charge in [0.25, 0.3) is 0 Å². The van der Waals surface area contributed by atoms with Crippen LogP contribution in [0.3, 0.4) is 0 Å². The molecule has 0 aromatic heterocycles. The number of hydroxylamine groups is 2. The second-order valence-corrected chi connectivity index (χ2v) is 4.17. The number of carbonyl (C=O) groups is 3. The number of hydrogen-bond donors (Lipinski definition) is 3. The molecule has 0 heterocycles. The minimum atomic E-state index is -1.14. The maximum absolute atomic E-state index is 11.6. The van der Waals surface area contributed by atoms with Crippen molar-refractivity contribution in [1.82, 2.24) is 10.4 Å². The lowest BCUT2D eigenvalue weighted by Gasteiger charge is -2.20. The third kappa shape index (κ3) is 7.29. The molecule has 0 rings (SSSR count). The van der Waals surface area contributed by atoms with E-state index >= 15 is 0 Å². The first-order chi connectivity index (χ1) is 7.86. The minimum Gasteiger partial charge on any atom is -0.480 e. The zero-order chi connectivity index (χ0) is 13.4. The van der Waals surface area contributed by atoms with Crippen molar-refractivity contribution in [3.63, 3.8) is 0 Å². The van der Waals surface area contributed by atoms with Crippen molar-refractivity contribution < 1.29 is 24.7 Å². The van der Waals surface area contributed by atoms with Gasteiger partial charge in [-0.2, -0.15) is 0 Å². The Labute approximate surface area is 99.4 Å². The second-order valence-electron chi connectivity index (χ2n) is 4.17. The summed E-state index contributed by atoms with van der Waals surface area (Å²) in [4.78, 5) is 32.2. The molecule has 7 nitrogen and oxygen atoms in total. The Kier molecular flexibility index (Phi) is 6.88. The Bertz CT molecular complexity index is 280. The number of carboxylic acid groups (broad SMARTS) is 1. The summed E-state index contributed by atoms with van der Waals surface area (Å²) in [5.41, 5.74) is 0. The fourth-order valence-electron chi connectivity index (χ4n) is 1.41. The molecule has 0 aliphatic rings. The third-order valence-corrected chi connectivity index (χ3v) is 2.07. The number of rotatable bonds is 8. The summed E-state index contributed by atoms with van der Waals surface area (Å²) in [5.74, 6) is -2.06. The molecular weight excluding hydrogens is 228 g/mol. The fraction of sp³-hybridized carbons (Fsp3) is 0.700. The van der Waals surface area contributed by atoms with E-state index in [0.717, 1.165) is 0 Å². The van der Waals surface area contributed by atoms with Gasteiger partial charge in [0.15, 0.2) is 0 Å². The summed E-state index contributed by atoms with van der Waals surface area (Å²) in [7, 11) is 0. The van der Waals surface area contributed by atoms with Crippen LogP contribution in [0.1, 0.15) is 20.3 Å². The molecule has 0 unspecified atom stereocenters. The Morgan fingerprint density at radius 1 is 1.41 bits per heavy atom. The van der Waals surface area contributed by atoms with Gasteiger partial charge in [0, 0.05) is 0 Å². The van der Waals surface area contributed by atoms with Gasteiger partial charge in [-0.15, -0.1) is 0 Å². The van der Waals surface area contributed by atoms with Crippen LogP contribution in [0.25, 0.3) is 0 Å². The lowest BCUT2D eigenvalue weighted by Crippen LogP contribution is -2.40. The number of nitrogens with one attached hydrogen (secondary N) is 1. The molecule has 17 heavy (non-hydrogen) atoms. The quantitative estimate of drug-likeness (QED) is 0.309. The van der Waals surface area contributed by atoms with E-state index in [4.69, 9.17) is 10.3 Å². The predicted octanol–water partition coefficient (Wildman–Crippen LogP) is -0.303. The first kappa shape index (κ1) is 15.4. The maximum Gasteiger partial charge on any atom is 0.322 e. The van der Waals surface area contributed by atoms with Gasteiger partial charge in [0.1, 0.15) is 6.54 Å². The zero-order valence-corrected chi connectivity index (χ0v) is 9.92. The Hall–Kier alpha value is -1.63. The number of nitrogens with zero attached hydrogens (tertiary/aromatic N) is 1. The van der Waals surface area contributed by atoms with Crippen molar-refractivity contribution in [3.8, 4) is 0 Å². The molecule has 7 heteroatoms. The van der Waals surface area contributed by atoms with E-state index < -0.39 is 24.3 Å². The molecular formula is C10H18N2O5. The van der Waals surface area contributed by atoms with Crippen LogP contribution in [0, 0.1) is 11.8 Å². The highest BCUT2D eigenvalue weighted by atomic mass is 16.5. The molecule has 0 spiro atoms. The van der Waals surface area contributed by atoms with E-state index in [1.807, 2.05) is 13.8 Å². The highest BCUT2D eigenvalue weighted by Gasteiger charge is 2.22. The van der Waals surface area contributed by atoms with E-state index in [9.17, 15) is 14.4 Å². The van der Waals surface area contributed by atoms with Crippen LogP contribution in [0.15, 0.2) is 0 Å². The van der Waals surface area contributed by atoms with Crippen LogP contribution in [-0.4, -0.2) is 46.8 Å². The predicted molar refractivity (Wildman–Crippen MR) is 58.1 cm³/mol. The molecule has 0 aromatic rings. The number of carbonyl (C=O) groups excluding carboxylic acids is 2. The molecule has 0 saturated heterocycles. The Morgan fingerprint density at radius 3 is 2.41 bits per heavy atom. The molecule has 0 fully saturated rings.